The van der Waals surface area contributed by atoms with Crippen LogP contribution in [0.3, 0.4) is 0 Å². The number of rotatable bonds is 17. The number of unbranched alkanes of at least 4 members (excludes halogenated alkanes) is 1. The number of hydrogen-bond acceptors (Lipinski definition) is 8. The molecule has 0 aliphatic heterocycles. The quantitative estimate of drug-likeness (QED) is 0.171. The molecule has 0 radical (unpaired) electrons. The number of anilines is 1. The molecule has 1 atom stereocenters. The van der Waals surface area contributed by atoms with Crippen molar-refractivity contribution in [2.24, 2.45) is 0 Å². The number of carbonyl (C=O) groups excluding carboxylic acids is 2. The van der Waals surface area contributed by atoms with Crippen LogP contribution in [0.2, 0.25) is 10.0 Å². The van der Waals surface area contributed by atoms with Gasteiger partial charge in [0.25, 0.3) is 10.0 Å². The molecule has 0 saturated carbocycles. The van der Waals surface area contributed by atoms with Crippen molar-refractivity contribution in [3.63, 3.8) is 0 Å². The van der Waals surface area contributed by atoms with Crippen LogP contribution in [0.5, 0.6) is 23.0 Å². The fourth-order valence-corrected chi connectivity index (χ4v) is 6.62. The first kappa shape index (κ1) is 37.6. The van der Waals surface area contributed by atoms with Gasteiger partial charge in [0.15, 0.2) is 11.5 Å². The predicted octanol–water partition coefficient (Wildman–Crippen LogP) is 5.95. The fraction of sp³-hybridized carbons (Fsp3) is 0.394. The Morgan fingerprint density at radius 3 is 2.11 bits per heavy atom. The van der Waals surface area contributed by atoms with Crippen molar-refractivity contribution in [1.29, 1.82) is 0 Å². The second-order valence-electron chi connectivity index (χ2n) is 10.4. The molecule has 0 aliphatic carbocycles. The second kappa shape index (κ2) is 17.3. The Balaban J connectivity index is 2.19. The summed E-state index contributed by atoms with van der Waals surface area (Å²) in [5.74, 6) is -0.0162. The Morgan fingerprint density at radius 2 is 1.51 bits per heavy atom. The molecule has 11 nitrogen and oxygen atoms in total. The van der Waals surface area contributed by atoms with Gasteiger partial charge in [0, 0.05) is 25.2 Å². The SMILES string of the molecule is CCCCNC(=O)[C@@H](CC)N(Cc1ccc(Cl)c(Cl)c1)C(=O)CN(c1cc(OC)ccc1OC)S(=O)(=O)c1ccc(OC)c(OC)c1. The Morgan fingerprint density at radius 1 is 0.830 bits per heavy atom. The normalized spacial score (nSPS) is 11.7. The molecule has 0 fully saturated rings. The maximum absolute atomic E-state index is 14.5. The first-order valence-corrected chi connectivity index (χ1v) is 17.1. The summed E-state index contributed by atoms with van der Waals surface area (Å²) in [6.07, 6.45) is 1.89. The monoisotopic (exact) mass is 709 g/mol. The zero-order valence-electron chi connectivity index (χ0n) is 27.3. The Bertz CT molecular complexity index is 1650. The lowest BCUT2D eigenvalue weighted by Gasteiger charge is -2.33. The molecule has 3 aromatic carbocycles. The molecule has 0 aliphatic rings. The van der Waals surface area contributed by atoms with Crippen molar-refractivity contribution in [2.75, 3.05) is 45.8 Å². The van der Waals surface area contributed by atoms with E-state index in [1.54, 1.807) is 37.3 Å². The van der Waals surface area contributed by atoms with Gasteiger partial charge in [0.2, 0.25) is 11.8 Å². The number of nitrogens with zero attached hydrogens (tertiary/aromatic N) is 2. The van der Waals surface area contributed by atoms with Gasteiger partial charge in [0.1, 0.15) is 24.1 Å². The standard InChI is InChI=1S/C33H41Cl2N3O8S/c1-7-9-16-36-33(40)27(8-2)37(20-22-10-13-25(34)26(35)17-22)32(39)21-38(28-18-23(43-3)11-14-29(28)44-4)47(41,42)24-12-15-30(45-5)31(19-24)46-6/h10-15,17-19,27H,7-9,16,20-21H2,1-6H3,(H,36,40)/t27-/m1/s1. The molecule has 0 heterocycles. The minimum atomic E-state index is -4.48. The summed E-state index contributed by atoms with van der Waals surface area (Å²) < 4.78 is 51.5. The third-order valence-electron chi connectivity index (χ3n) is 7.43. The molecule has 0 spiro atoms. The highest BCUT2D eigenvalue weighted by Crippen LogP contribution is 2.38. The number of carbonyl (C=O) groups is 2. The lowest BCUT2D eigenvalue weighted by Crippen LogP contribution is -2.52. The molecule has 2 amide bonds. The number of halogens is 2. The van der Waals surface area contributed by atoms with Crippen LogP contribution >= 0.6 is 23.2 Å². The summed E-state index contributed by atoms with van der Waals surface area (Å²) in [6, 6.07) is 12.7. The van der Waals surface area contributed by atoms with E-state index >= 15 is 0 Å². The van der Waals surface area contributed by atoms with E-state index < -0.39 is 28.5 Å². The van der Waals surface area contributed by atoms with Crippen molar-refractivity contribution in [3.8, 4) is 23.0 Å². The zero-order chi connectivity index (χ0) is 34.7. The third kappa shape index (κ3) is 9.15. The van der Waals surface area contributed by atoms with Crippen molar-refractivity contribution in [3.05, 3.63) is 70.2 Å². The molecule has 256 valence electrons. The number of benzene rings is 3. The van der Waals surface area contributed by atoms with E-state index in [0.717, 1.165) is 17.1 Å². The third-order valence-corrected chi connectivity index (χ3v) is 9.92. The van der Waals surface area contributed by atoms with E-state index in [9.17, 15) is 18.0 Å². The Kier molecular flexibility index (Phi) is 13.9. The lowest BCUT2D eigenvalue weighted by atomic mass is 10.1. The average molecular weight is 711 g/mol. The van der Waals surface area contributed by atoms with Crippen molar-refractivity contribution in [2.45, 2.75) is 50.6 Å². The van der Waals surface area contributed by atoms with Crippen LogP contribution < -0.4 is 28.6 Å². The largest absolute Gasteiger partial charge is 0.497 e. The second-order valence-corrected chi connectivity index (χ2v) is 13.1. The number of hydrogen-bond donors (Lipinski definition) is 1. The average Bonchev–Trinajstić information content (AvgIpc) is 3.07. The fourth-order valence-electron chi connectivity index (χ4n) is 4.87. The number of nitrogens with one attached hydrogen (secondary N) is 1. The van der Waals surface area contributed by atoms with Gasteiger partial charge in [-0.05, 0) is 54.8 Å². The summed E-state index contributed by atoms with van der Waals surface area (Å²) in [7, 11) is 1.17. The number of methoxy groups -OCH3 is 4. The molecule has 14 heteroatoms. The molecular weight excluding hydrogens is 669 g/mol. The summed E-state index contributed by atoms with van der Waals surface area (Å²) in [6.45, 7) is 3.48. The van der Waals surface area contributed by atoms with Crippen LogP contribution in [0.4, 0.5) is 5.69 Å². The highest BCUT2D eigenvalue weighted by molar-refractivity contribution is 7.92. The van der Waals surface area contributed by atoms with Crippen LogP contribution in [0.15, 0.2) is 59.5 Å². The minimum Gasteiger partial charge on any atom is -0.497 e. The number of amides is 2. The van der Waals surface area contributed by atoms with Crippen LogP contribution in [0.25, 0.3) is 0 Å². The topological polar surface area (TPSA) is 124 Å². The predicted molar refractivity (Wildman–Crippen MR) is 183 cm³/mol. The molecular formula is C33H41Cl2N3O8S. The van der Waals surface area contributed by atoms with Gasteiger partial charge in [-0.2, -0.15) is 0 Å². The summed E-state index contributed by atoms with van der Waals surface area (Å²) in [4.78, 5) is 29.1. The van der Waals surface area contributed by atoms with E-state index in [1.807, 2.05) is 6.92 Å². The molecule has 3 aromatic rings. The highest BCUT2D eigenvalue weighted by Gasteiger charge is 2.35. The first-order valence-electron chi connectivity index (χ1n) is 14.9. The van der Waals surface area contributed by atoms with Crippen LogP contribution in [0.1, 0.15) is 38.7 Å². The van der Waals surface area contributed by atoms with E-state index in [-0.39, 0.29) is 46.0 Å². The van der Waals surface area contributed by atoms with E-state index in [4.69, 9.17) is 42.1 Å². The van der Waals surface area contributed by atoms with Gasteiger partial charge in [-0.15, -0.1) is 0 Å². The Hall–Kier alpha value is -3.87. The van der Waals surface area contributed by atoms with Gasteiger partial charge in [-0.1, -0.05) is 49.5 Å². The molecule has 0 saturated heterocycles. The maximum Gasteiger partial charge on any atom is 0.265 e. The van der Waals surface area contributed by atoms with Crippen molar-refractivity contribution in [1.82, 2.24) is 10.2 Å². The summed E-state index contributed by atoms with van der Waals surface area (Å²) in [5, 5.41) is 3.50. The summed E-state index contributed by atoms with van der Waals surface area (Å²) >= 11 is 12.4. The van der Waals surface area contributed by atoms with Gasteiger partial charge < -0.3 is 29.2 Å². The van der Waals surface area contributed by atoms with E-state index in [1.165, 1.54) is 57.6 Å². The molecule has 1 N–H and O–H groups in total. The van der Waals surface area contributed by atoms with Gasteiger partial charge in [0.05, 0.1) is 49.1 Å². The van der Waals surface area contributed by atoms with Crippen LogP contribution in [-0.2, 0) is 26.2 Å². The molecule has 3 rings (SSSR count). The van der Waals surface area contributed by atoms with Gasteiger partial charge in [-0.25, -0.2) is 8.42 Å². The highest BCUT2D eigenvalue weighted by atomic mass is 35.5. The smallest absolute Gasteiger partial charge is 0.265 e. The van der Waals surface area contributed by atoms with Crippen LogP contribution in [-0.4, -0.2) is 72.7 Å². The first-order chi connectivity index (χ1) is 22.4. The van der Waals surface area contributed by atoms with Crippen molar-refractivity contribution < 1.29 is 37.0 Å². The zero-order valence-corrected chi connectivity index (χ0v) is 29.7. The maximum atomic E-state index is 14.5. The van der Waals surface area contributed by atoms with Gasteiger partial charge >= 0.3 is 0 Å². The number of ether oxygens (including phenoxy) is 4. The molecule has 0 unspecified atom stereocenters. The van der Waals surface area contributed by atoms with Crippen molar-refractivity contribution >= 4 is 50.7 Å². The van der Waals surface area contributed by atoms with E-state index in [2.05, 4.69) is 5.32 Å². The number of sulfonamides is 1. The lowest BCUT2D eigenvalue weighted by molar-refractivity contribution is -0.140. The van der Waals surface area contributed by atoms with Crippen LogP contribution in [0, 0.1) is 0 Å². The minimum absolute atomic E-state index is 0.0462. The molecule has 0 aromatic heterocycles. The Labute approximate surface area is 286 Å². The summed E-state index contributed by atoms with van der Waals surface area (Å²) in [5.41, 5.74) is 0.644. The van der Waals surface area contributed by atoms with E-state index in [0.29, 0.717) is 28.6 Å². The molecule has 47 heavy (non-hydrogen) atoms. The molecule has 0 bridgehead atoms. The van der Waals surface area contributed by atoms with Gasteiger partial charge in [-0.3, -0.25) is 13.9 Å².